The average molecular weight is 444 g/mol. The smallest absolute Gasteiger partial charge is 0.190 e. The number of fused-ring (bicyclic) bond motifs is 1. The first-order chi connectivity index (χ1) is 15.3. The Balaban J connectivity index is 1.72. The lowest BCUT2D eigenvalue weighted by Crippen LogP contribution is -2.55. The number of carbonyl (C=O) groups is 1. The Morgan fingerprint density at radius 1 is 1.06 bits per heavy atom. The van der Waals surface area contributed by atoms with Crippen LogP contribution in [0.1, 0.15) is 33.2 Å². The molecule has 4 rings (SSSR count). The van der Waals surface area contributed by atoms with Gasteiger partial charge in [-0.2, -0.15) is 0 Å². The molecule has 0 amide bonds. The number of phenols is 2. The number of ether oxygens (including phenoxy) is 2. The van der Waals surface area contributed by atoms with E-state index in [0.717, 1.165) is 5.56 Å². The highest BCUT2D eigenvalue weighted by Gasteiger charge is 2.46. The number of aromatic hydroxyl groups is 2. The molecule has 2 aromatic rings. The van der Waals surface area contributed by atoms with E-state index < -0.39 is 54.4 Å². The van der Waals surface area contributed by atoms with Crippen LogP contribution in [0.3, 0.4) is 0 Å². The topological polar surface area (TPSA) is 157 Å². The molecule has 9 heteroatoms. The molecule has 1 fully saturated rings. The Kier molecular flexibility index (Phi) is 5.93. The number of aliphatic hydroxyl groups excluding tert-OH is 4. The molecular weight excluding hydrogens is 420 g/mol. The zero-order valence-corrected chi connectivity index (χ0v) is 17.2. The van der Waals surface area contributed by atoms with Gasteiger partial charge in [-0.15, -0.1) is 0 Å². The van der Waals surface area contributed by atoms with Crippen LogP contribution in [0.25, 0.3) is 5.57 Å². The molecule has 2 aromatic carbocycles. The van der Waals surface area contributed by atoms with E-state index in [-0.39, 0.29) is 17.5 Å². The lowest BCUT2D eigenvalue weighted by atomic mass is 9.83. The molecule has 32 heavy (non-hydrogen) atoms. The number of benzene rings is 2. The van der Waals surface area contributed by atoms with Crippen LogP contribution < -0.4 is 4.74 Å². The molecule has 0 saturated carbocycles. The van der Waals surface area contributed by atoms with Gasteiger partial charge in [0, 0.05) is 0 Å². The molecule has 9 nitrogen and oxygen atoms in total. The number of aliphatic hydroxyl groups is 4. The number of ketones is 1. The van der Waals surface area contributed by atoms with E-state index in [0.29, 0.717) is 16.9 Å². The molecule has 1 aliphatic carbocycles. The quantitative estimate of drug-likeness (QED) is 0.394. The zero-order valence-electron chi connectivity index (χ0n) is 17.2. The first kappa shape index (κ1) is 22.3. The molecule has 1 heterocycles. The van der Waals surface area contributed by atoms with E-state index in [9.17, 15) is 35.4 Å². The van der Waals surface area contributed by atoms with Crippen LogP contribution in [-0.2, 0) is 11.2 Å². The predicted molar refractivity (Wildman–Crippen MR) is 111 cm³/mol. The van der Waals surface area contributed by atoms with Crippen molar-refractivity contribution < 1.29 is 44.9 Å². The Morgan fingerprint density at radius 3 is 2.38 bits per heavy atom. The van der Waals surface area contributed by atoms with Gasteiger partial charge in [0.05, 0.1) is 24.8 Å². The first-order valence-corrected chi connectivity index (χ1v) is 10.0. The fraction of sp³-hybridized carbons (Fsp3) is 0.348. The molecule has 1 saturated heterocycles. The van der Waals surface area contributed by atoms with Crippen molar-refractivity contribution in [1.82, 2.24) is 0 Å². The second-order valence-corrected chi connectivity index (χ2v) is 7.88. The minimum absolute atomic E-state index is 0.0491. The van der Waals surface area contributed by atoms with Gasteiger partial charge in [-0.3, -0.25) is 4.79 Å². The normalized spacial score (nSPS) is 27.6. The van der Waals surface area contributed by atoms with Crippen LogP contribution in [-0.4, -0.2) is 74.6 Å². The molecule has 0 radical (unpaired) electrons. The Bertz CT molecular complexity index is 1060. The summed E-state index contributed by atoms with van der Waals surface area (Å²) in [7, 11) is 1.55. The summed E-state index contributed by atoms with van der Waals surface area (Å²) in [5.74, 6) is -0.870. The van der Waals surface area contributed by atoms with Crippen LogP contribution in [0.4, 0.5) is 0 Å². The summed E-state index contributed by atoms with van der Waals surface area (Å²) in [5.41, 5.74) is 1.50. The van der Waals surface area contributed by atoms with Gasteiger partial charge in [0.2, 0.25) is 0 Å². The third-order valence-corrected chi connectivity index (χ3v) is 5.97. The largest absolute Gasteiger partial charge is 0.507 e. The maximum absolute atomic E-state index is 12.9. The molecular formula is C23H24O9. The van der Waals surface area contributed by atoms with E-state index in [2.05, 4.69) is 0 Å². The van der Waals surface area contributed by atoms with Crippen LogP contribution in [0.2, 0.25) is 0 Å². The monoisotopic (exact) mass is 444 g/mol. The number of allylic oxidation sites excluding steroid dienone is 2. The fourth-order valence-electron chi connectivity index (χ4n) is 4.24. The van der Waals surface area contributed by atoms with Crippen LogP contribution >= 0.6 is 0 Å². The first-order valence-electron chi connectivity index (χ1n) is 10.0. The lowest BCUT2D eigenvalue weighted by molar-refractivity contribution is -0.232. The number of hydrogen-bond acceptors (Lipinski definition) is 9. The average Bonchev–Trinajstić information content (AvgIpc) is 2.78. The van der Waals surface area contributed by atoms with E-state index >= 15 is 0 Å². The second-order valence-electron chi connectivity index (χ2n) is 7.88. The fourth-order valence-corrected chi connectivity index (χ4v) is 4.24. The minimum atomic E-state index is -1.72. The Hall–Kier alpha value is -2.95. The molecule has 0 spiro atoms. The van der Waals surface area contributed by atoms with Gasteiger partial charge in [-0.1, -0.05) is 12.1 Å². The second kappa shape index (κ2) is 8.53. The Labute approximate surface area is 183 Å². The zero-order chi connectivity index (χ0) is 23.2. The number of methoxy groups -OCH3 is 1. The van der Waals surface area contributed by atoms with Crippen molar-refractivity contribution in [2.75, 3.05) is 13.7 Å². The maximum Gasteiger partial charge on any atom is 0.190 e. The van der Waals surface area contributed by atoms with Crippen LogP contribution in [0.15, 0.2) is 36.4 Å². The molecule has 170 valence electrons. The van der Waals surface area contributed by atoms with E-state index in [1.54, 1.807) is 31.4 Å². The maximum atomic E-state index is 12.9. The van der Waals surface area contributed by atoms with Gasteiger partial charge in [0.15, 0.2) is 5.78 Å². The van der Waals surface area contributed by atoms with Gasteiger partial charge in [-0.05, 0) is 47.4 Å². The highest BCUT2D eigenvalue weighted by Crippen LogP contribution is 2.46. The van der Waals surface area contributed by atoms with E-state index in [1.165, 1.54) is 12.1 Å². The summed E-state index contributed by atoms with van der Waals surface area (Å²) < 4.78 is 10.6. The number of rotatable bonds is 4. The van der Waals surface area contributed by atoms with Crippen LogP contribution in [0, 0.1) is 0 Å². The summed E-state index contributed by atoms with van der Waals surface area (Å²) in [6.45, 7) is -0.666. The van der Waals surface area contributed by atoms with Crippen molar-refractivity contribution in [2.45, 2.75) is 36.9 Å². The molecule has 0 aromatic heterocycles. The van der Waals surface area contributed by atoms with Crippen molar-refractivity contribution in [3.63, 3.8) is 0 Å². The van der Waals surface area contributed by atoms with E-state index in [1.807, 2.05) is 0 Å². The molecule has 1 aliphatic heterocycles. The molecule has 0 bridgehead atoms. The molecule has 5 atom stereocenters. The van der Waals surface area contributed by atoms with E-state index in [4.69, 9.17) is 9.47 Å². The van der Waals surface area contributed by atoms with Crippen LogP contribution in [0.5, 0.6) is 17.2 Å². The predicted octanol–water partition coefficient (Wildman–Crippen LogP) is 0.444. The SMILES string of the molecule is COc1ccc(C2=CC(=O)c3c(cc(O)c(C4OC(CO)C(O)C(O)C4O)c3O)C2)cc1. The van der Waals surface area contributed by atoms with Crippen molar-refractivity contribution >= 4 is 11.4 Å². The standard InChI is InChI=1S/C23H24O9/c1-31-13-4-2-10(3-5-13)11-6-12-8-15(26)18(20(28)17(12)14(25)7-11)23-22(30)21(29)19(27)16(9-24)32-23/h2-5,7-8,16,19,21-24,26-30H,6,9H2,1H3. The van der Waals surface area contributed by atoms with Gasteiger partial charge in [0.1, 0.15) is 47.8 Å². The van der Waals surface area contributed by atoms with Gasteiger partial charge < -0.3 is 40.1 Å². The van der Waals surface area contributed by atoms with Crippen molar-refractivity contribution in [3.8, 4) is 17.2 Å². The summed E-state index contributed by atoms with van der Waals surface area (Å²) >= 11 is 0. The summed E-state index contributed by atoms with van der Waals surface area (Å²) in [5, 5.41) is 61.3. The van der Waals surface area contributed by atoms with Gasteiger partial charge in [-0.25, -0.2) is 0 Å². The minimum Gasteiger partial charge on any atom is -0.507 e. The van der Waals surface area contributed by atoms with Crippen molar-refractivity contribution in [2.24, 2.45) is 0 Å². The third-order valence-electron chi connectivity index (χ3n) is 5.97. The highest BCUT2D eigenvalue weighted by atomic mass is 16.5. The number of phenolic OH excluding ortho intramolecular Hbond substituents is 2. The summed E-state index contributed by atoms with van der Waals surface area (Å²) in [6, 6.07) is 8.41. The highest BCUT2D eigenvalue weighted by molar-refractivity contribution is 6.14. The number of hydrogen-bond donors (Lipinski definition) is 6. The van der Waals surface area contributed by atoms with Crippen molar-refractivity contribution in [1.29, 1.82) is 0 Å². The summed E-state index contributed by atoms with van der Waals surface area (Å²) in [6.07, 6.45) is -6.07. The van der Waals surface area contributed by atoms with Gasteiger partial charge in [0.25, 0.3) is 0 Å². The summed E-state index contributed by atoms with van der Waals surface area (Å²) in [4.78, 5) is 12.9. The van der Waals surface area contributed by atoms with Gasteiger partial charge >= 0.3 is 0 Å². The number of carbonyl (C=O) groups excluding carboxylic acids is 1. The molecule has 5 unspecified atom stereocenters. The Morgan fingerprint density at radius 2 is 1.75 bits per heavy atom. The molecule has 6 N–H and O–H groups in total. The molecule has 2 aliphatic rings. The lowest BCUT2D eigenvalue weighted by Gasteiger charge is -2.40. The van der Waals surface area contributed by atoms with Crippen molar-refractivity contribution in [3.05, 3.63) is 58.7 Å². The third kappa shape index (κ3) is 3.64.